The maximum Gasteiger partial charge on any atom is 0.119 e. The third-order valence-corrected chi connectivity index (χ3v) is 3.49. The van der Waals surface area contributed by atoms with E-state index in [1.54, 1.807) is 6.07 Å². The highest BCUT2D eigenvalue weighted by Gasteiger charge is 2.19. The molecule has 0 aromatic heterocycles. The van der Waals surface area contributed by atoms with Crippen LogP contribution in [0.25, 0.3) is 0 Å². The summed E-state index contributed by atoms with van der Waals surface area (Å²) in [4.78, 5) is 0. The van der Waals surface area contributed by atoms with Crippen LogP contribution in [0.2, 0.25) is 0 Å². The predicted molar refractivity (Wildman–Crippen MR) is 72.1 cm³/mol. The van der Waals surface area contributed by atoms with Crippen LogP contribution in [0.5, 0.6) is 5.75 Å². The minimum atomic E-state index is 0.332. The Morgan fingerprint density at radius 1 is 1.24 bits per heavy atom. The number of nitrogens with two attached hydrogens (primary N) is 2. The van der Waals surface area contributed by atoms with Crippen molar-refractivity contribution in [1.82, 2.24) is 0 Å². The van der Waals surface area contributed by atoms with Crippen LogP contribution in [0.3, 0.4) is 0 Å². The quantitative estimate of drug-likeness (QED) is 0.708. The number of phenols is 1. The summed E-state index contributed by atoms with van der Waals surface area (Å²) < 4.78 is 0. The number of aryl methyl sites for hydroxylation is 1. The summed E-state index contributed by atoms with van der Waals surface area (Å²) in [5, 5.41) is 9.99. The second-order valence-electron chi connectivity index (χ2n) is 4.69. The van der Waals surface area contributed by atoms with Gasteiger partial charge in [-0.1, -0.05) is 19.1 Å². The van der Waals surface area contributed by atoms with Crippen molar-refractivity contribution in [3.05, 3.63) is 29.3 Å². The van der Waals surface area contributed by atoms with Crippen LogP contribution in [0.4, 0.5) is 0 Å². The summed E-state index contributed by atoms with van der Waals surface area (Å²) in [5.41, 5.74) is 13.6. The molecule has 5 N–H and O–H groups in total. The third-order valence-electron chi connectivity index (χ3n) is 3.49. The molecule has 0 amide bonds. The first-order valence-corrected chi connectivity index (χ1v) is 6.32. The summed E-state index contributed by atoms with van der Waals surface area (Å²) in [6, 6.07) is 5.67. The molecule has 0 aliphatic carbocycles. The van der Waals surface area contributed by atoms with Gasteiger partial charge in [0.1, 0.15) is 5.75 Å². The smallest absolute Gasteiger partial charge is 0.119 e. The van der Waals surface area contributed by atoms with Crippen molar-refractivity contribution in [2.75, 3.05) is 13.1 Å². The van der Waals surface area contributed by atoms with Crippen molar-refractivity contribution in [1.29, 1.82) is 0 Å². The molecule has 0 bridgehead atoms. The lowest BCUT2D eigenvalue weighted by Gasteiger charge is -2.23. The number of hydrogen-bond acceptors (Lipinski definition) is 3. The molecule has 3 heteroatoms. The minimum absolute atomic E-state index is 0.332. The lowest BCUT2D eigenvalue weighted by molar-refractivity contribution is 0.416. The molecule has 1 unspecified atom stereocenters. The minimum Gasteiger partial charge on any atom is -0.508 e. The summed E-state index contributed by atoms with van der Waals surface area (Å²) >= 11 is 0. The highest BCUT2D eigenvalue weighted by molar-refractivity contribution is 5.41. The number of benzene rings is 1. The molecule has 1 atom stereocenters. The Bertz CT molecular complexity index is 328. The first-order chi connectivity index (χ1) is 8.13. The highest BCUT2D eigenvalue weighted by Crippen LogP contribution is 2.35. The van der Waals surface area contributed by atoms with E-state index in [0.29, 0.717) is 30.7 Å². The van der Waals surface area contributed by atoms with Gasteiger partial charge in [0.25, 0.3) is 0 Å². The van der Waals surface area contributed by atoms with Gasteiger partial charge < -0.3 is 16.6 Å². The summed E-state index contributed by atoms with van der Waals surface area (Å²) in [7, 11) is 0. The van der Waals surface area contributed by atoms with Crippen LogP contribution in [0.1, 0.15) is 36.8 Å². The standard InChI is InChI=1S/C14H24N2O/c1-3-12(7-11(8-15)9-16)14-10(2)5-4-6-13(14)17/h4-6,11-12,17H,3,7-9,15-16H2,1-2H3. The molecule has 0 saturated carbocycles. The number of hydrogen-bond donors (Lipinski definition) is 3. The molecule has 0 spiro atoms. The first-order valence-electron chi connectivity index (χ1n) is 6.32. The van der Waals surface area contributed by atoms with Crippen LogP contribution >= 0.6 is 0 Å². The fourth-order valence-electron chi connectivity index (χ4n) is 2.38. The van der Waals surface area contributed by atoms with Crippen molar-refractivity contribution in [3.63, 3.8) is 0 Å². The van der Waals surface area contributed by atoms with Gasteiger partial charge in [0, 0.05) is 0 Å². The Kier molecular flexibility index (Phi) is 5.45. The lowest BCUT2D eigenvalue weighted by atomic mass is 9.84. The number of rotatable bonds is 6. The van der Waals surface area contributed by atoms with Crippen LogP contribution < -0.4 is 11.5 Å². The first kappa shape index (κ1) is 14.0. The maximum atomic E-state index is 9.99. The van der Waals surface area contributed by atoms with E-state index in [9.17, 15) is 5.11 Å². The van der Waals surface area contributed by atoms with Crippen molar-refractivity contribution >= 4 is 0 Å². The molecule has 0 fully saturated rings. The fraction of sp³-hybridized carbons (Fsp3) is 0.571. The van der Waals surface area contributed by atoms with E-state index < -0.39 is 0 Å². The normalized spacial score (nSPS) is 13.0. The number of phenolic OH excluding ortho intramolecular Hbond substituents is 1. The monoisotopic (exact) mass is 236 g/mol. The third kappa shape index (κ3) is 3.45. The SMILES string of the molecule is CCC(CC(CN)CN)c1c(C)cccc1O. The average Bonchev–Trinajstić information content (AvgIpc) is 2.33. The largest absolute Gasteiger partial charge is 0.508 e. The fourth-order valence-corrected chi connectivity index (χ4v) is 2.38. The van der Waals surface area contributed by atoms with Gasteiger partial charge in [0.05, 0.1) is 0 Å². The Labute approximate surface area is 104 Å². The molecule has 3 nitrogen and oxygen atoms in total. The second-order valence-corrected chi connectivity index (χ2v) is 4.69. The molecule has 1 aromatic carbocycles. The molecule has 17 heavy (non-hydrogen) atoms. The van der Waals surface area contributed by atoms with Crippen LogP contribution in [-0.4, -0.2) is 18.2 Å². The van der Waals surface area contributed by atoms with Gasteiger partial charge >= 0.3 is 0 Å². The Balaban J connectivity index is 2.93. The van der Waals surface area contributed by atoms with Gasteiger partial charge in [0.15, 0.2) is 0 Å². The van der Waals surface area contributed by atoms with Gasteiger partial charge in [-0.05, 0) is 61.9 Å². The number of aromatic hydroxyl groups is 1. The van der Waals surface area contributed by atoms with E-state index in [4.69, 9.17) is 11.5 Å². The molecule has 0 radical (unpaired) electrons. The maximum absolute atomic E-state index is 9.99. The van der Waals surface area contributed by atoms with Crippen LogP contribution in [-0.2, 0) is 0 Å². The summed E-state index contributed by atoms with van der Waals surface area (Å²) in [5.74, 6) is 1.07. The van der Waals surface area contributed by atoms with E-state index in [2.05, 4.69) is 6.92 Å². The van der Waals surface area contributed by atoms with Crippen molar-refractivity contribution in [2.24, 2.45) is 17.4 Å². The zero-order valence-electron chi connectivity index (χ0n) is 10.8. The van der Waals surface area contributed by atoms with Crippen LogP contribution in [0.15, 0.2) is 18.2 Å². The van der Waals surface area contributed by atoms with E-state index in [0.717, 1.165) is 24.0 Å². The van der Waals surface area contributed by atoms with Crippen molar-refractivity contribution in [2.45, 2.75) is 32.6 Å². The molecule has 96 valence electrons. The van der Waals surface area contributed by atoms with Gasteiger partial charge in [-0.25, -0.2) is 0 Å². The summed E-state index contributed by atoms with van der Waals surface area (Å²) in [6.07, 6.45) is 1.94. The zero-order valence-corrected chi connectivity index (χ0v) is 10.8. The van der Waals surface area contributed by atoms with Gasteiger partial charge in [-0.3, -0.25) is 0 Å². The average molecular weight is 236 g/mol. The van der Waals surface area contributed by atoms with E-state index in [-0.39, 0.29) is 0 Å². The van der Waals surface area contributed by atoms with E-state index >= 15 is 0 Å². The predicted octanol–water partition coefficient (Wildman–Crippen LogP) is 2.12. The van der Waals surface area contributed by atoms with Crippen LogP contribution in [0, 0.1) is 12.8 Å². The highest BCUT2D eigenvalue weighted by atomic mass is 16.3. The second kappa shape index (κ2) is 6.62. The van der Waals surface area contributed by atoms with Gasteiger partial charge in [-0.15, -0.1) is 0 Å². The van der Waals surface area contributed by atoms with Gasteiger partial charge in [-0.2, -0.15) is 0 Å². The molecule has 0 saturated heterocycles. The molecular weight excluding hydrogens is 212 g/mol. The van der Waals surface area contributed by atoms with Crippen molar-refractivity contribution < 1.29 is 5.11 Å². The molecule has 0 aliphatic rings. The van der Waals surface area contributed by atoms with Crippen molar-refractivity contribution in [3.8, 4) is 5.75 Å². The molecule has 0 heterocycles. The van der Waals surface area contributed by atoms with Gasteiger partial charge in [0.2, 0.25) is 0 Å². The molecular formula is C14H24N2O. The topological polar surface area (TPSA) is 72.3 Å². The Morgan fingerprint density at radius 2 is 1.88 bits per heavy atom. The molecule has 0 aliphatic heterocycles. The van der Waals surface area contributed by atoms with E-state index in [1.165, 1.54) is 0 Å². The Morgan fingerprint density at radius 3 is 2.35 bits per heavy atom. The molecule has 1 rings (SSSR count). The molecule has 1 aromatic rings. The summed E-state index contributed by atoms with van der Waals surface area (Å²) in [6.45, 7) is 5.40. The Hall–Kier alpha value is -1.06. The lowest BCUT2D eigenvalue weighted by Crippen LogP contribution is -2.25. The van der Waals surface area contributed by atoms with E-state index in [1.807, 2.05) is 19.1 Å². The zero-order chi connectivity index (χ0) is 12.8.